The van der Waals surface area contributed by atoms with Crippen LogP contribution in [0.2, 0.25) is 0 Å². The largest absolute Gasteiger partial charge is 0.573 e. The minimum atomic E-state index is -4.67. The second kappa shape index (κ2) is 6.49. The molecule has 0 unspecified atom stereocenters. The van der Waals surface area contributed by atoms with Gasteiger partial charge in [-0.15, -0.1) is 13.2 Å². The average Bonchev–Trinajstić information content (AvgIpc) is 2.24. The van der Waals surface area contributed by atoms with Crippen LogP contribution < -0.4 is 4.74 Å². The predicted octanol–water partition coefficient (Wildman–Crippen LogP) is 3.88. The van der Waals surface area contributed by atoms with E-state index in [2.05, 4.69) is 4.74 Å². The Hall–Kier alpha value is -1.43. The lowest BCUT2D eigenvalue weighted by Gasteiger charge is -2.08. The molecule has 0 radical (unpaired) electrons. The number of hydrogen-bond donors (Lipinski definition) is 0. The Kier molecular flexibility index (Phi) is 5.27. The van der Waals surface area contributed by atoms with E-state index in [-0.39, 0.29) is 10.9 Å². The van der Waals surface area contributed by atoms with Gasteiger partial charge in [0.2, 0.25) is 0 Å². The first-order valence-corrected chi connectivity index (χ1v) is 6.01. The number of alkyl halides is 3. The molecule has 98 valence electrons. The van der Waals surface area contributed by atoms with Crippen LogP contribution in [0.1, 0.15) is 12.5 Å². The summed E-state index contributed by atoms with van der Waals surface area (Å²) in [5.41, 5.74) is 0.744. The molecule has 18 heavy (non-hydrogen) atoms. The van der Waals surface area contributed by atoms with Gasteiger partial charge in [0, 0.05) is 12.7 Å². The second-order valence-corrected chi connectivity index (χ2v) is 4.52. The molecule has 0 spiro atoms. The van der Waals surface area contributed by atoms with Crippen molar-refractivity contribution in [2.24, 2.45) is 0 Å². The van der Waals surface area contributed by atoms with E-state index >= 15 is 0 Å². The molecule has 0 saturated carbocycles. The van der Waals surface area contributed by atoms with Crippen LogP contribution in [-0.4, -0.2) is 17.2 Å². The fourth-order valence-corrected chi connectivity index (χ4v) is 1.56. The predicted molar refractivity (Wildman–Crippen MR) is 65.3 cm³/mol. The van der Waals surface area contributed by atoms with Gasteiger partial charge in [-0.25, -0.2) is 0 Å². The highest BCUT2D eigenvalue weighted by molar-refractivity contribution is 8.13. The van der Waals surface area contributed by atoms with Crippen molar-refractivity contribution in [1.29, 1.82) is 0 Å². The average molecular weight is 276 g/mol. The number of hydrogen-bond acceptors (Lipinski definition) is 3. The number of halogens is 3. The highest BCUT2D eigenvalue weighted by Gasteiger charge is 2.30. The molecule has 0 aromatic heterocycles. The highest BCUT2D eigenvalue weighted by atomic mass is 32.2. The third kappa shape index (κ3) is 6.34. The monoisotopic (exact) mass is 276 g/mol. The van der Waals surface area contributed by atoms with Gasteiger partial charge in [-0.3, -0.25) is 4.79 Å². The van der Waals surface area contributed by atoms with E-state index in [9.17, 15) is 18.0 Å². The zero-order valence-electron chi connectivity index (χ0n) is 9.53. The molecule has 0 aliphatic rings. The topological polar surface area (TPSA) is 26.3 Å². The van der Waals surface area contributed by atoms with Crippen LogP contribution in [0.25, 0.3) is 6.08 Å². The van der Waals surface area contributed by atoms with Crippen LogP contribution in [0.4, 0.5) is 13.2 Å². The van der Waals surface area contributed by atoms with Crippen LogP contribution in [0, 0.1) is 0 Å². The van der Waals surface area contributed by atoms with Gasteiger partial charge in [-0.2, -0.15) is 0 Å². The van der Waals surface area contributed by atoms with E-state index in [1.54, 1.807) is 12.2 Å². The first-order chi connectivity index (χ1) is 8.37. The molecule has 0 bridgehead atoms. The van der Waals surface area contributed by atoms with Crippen molar-refractivity contribution in [2.45, 2.75) is 13.3 Å². The van der Waals surface area contributed by atoms with Crippen LogP contribution in [0.15, 0.2) is 30.3 Å². The number of benzene rings is 1. The Labute approximate surface area is 107 Å². The van der Waals surface area contributed by atoms with Gasteiger partial charge in [0.25, 0.3) is 0 Å². The van der Waals surface area contributed by atoms with E-state index in [4.69, 9.17) is 0 Å². The third-order valence-electron chi connectivity index (χ3n) is 1.81. The van der Waals surface area contributed by atoms with Gasteiger partial charge in [-0.05, 0) is 17.7 Å². The molecule has 1 aromatic carbocycles. The van der Waals surface area contributed by atoms with Crippen LogP contribution >= 0.6 is 11.8 Å². The normalized spacial score (nSPS) is 11.8. The summed E-state index contributed by atoms with van der Waals surface area (Å²) >= 11 is 1.16. The summed E-state index contributed by atoms with van der Waals surface area (Å²) < 4.78 is 39.4. The fraction of sp³-hybridized carbons (Fsp3) is 0.250. The van der Waals surface area contributed by atoms with Crippen LogP contribution in [0.3, 0.4) is 0 Å². The van der Waals surface area contributed by atoms with Crippen molar-refractivity contribution in [3.63, 3.8) is 0 Å². The summed E-state index contributed by atoms with van der Waals surface area (Å²) in [6.45, 7) is 1.47. The summed E-state index contributed by atoms with van der Waals surface area (Å²) in [5, 5.41) is 0.0218. The summed E-state index contributed by atoms with van der Waals surface area (Å²) in [6.07, 6.45) is -1.17. The molecule has 0 heterocycles. The van der Waals surface area contributed by atoms with E-state index < -0.39 is 6.36 Å². The molecular formula is C12H11F3O2S. The minimum Gasteiger partial charge on any atom is -0.406 e. The maximum Gasteiger partial charge on any atom is 0.573 e. The lowest BCUT2D eigenvalue weighted by molar-refractivity contribution is -0.274. The van der Waals surface area contributed by atoms with Gasteiger partial charge in [-0.1, -0.05) is 36.0 Å². The molecule has 0 aliphatic heterocycles. The van der Waals surface area contributed by atoms with Gasteiger partial charge in [0.15, 0.2) is 5.12 Å². The standard InChI is InChI=1S/C12H11F3O2S/c1-9(16)18-8-2-3-10-4-6-11(7-5-10)17-12(13,14)15/h2-7H,8H2,1H3. The number of carbonyl (C=O) groups excluding carboxylic acids is 1. The summed E-state index contributed by atoms with van der Waals surface area (Å²) in [4.78, 5) is 10.6. The van der Waals surface area contributed by atoms with E-state index in [0.717, 1.165) is 17.3 Å². The van der Waals surface area contributed by atoms with Crippen LogP contribution in [-0.2, 0) is 4.79 Å². The van der Waals surface area contributed by atoms with E-state index in [1.807, 2.05) is 0 Å². The van der Waals surface area contributed by atoms with Crippen molar-refractivity contribution in [1.82, 2.24) is 0 Å². The molecule has 1 rings (SSSR count). The van der Waals surface area contributed by atoms with Gasteiger partial charge >= 0.3 is 6.36 Å². The number of ether oxygens (including phenoxy) is 1. The first kappa shape index (κ1) is 14.6. The molecule has 2 nitrogen and oxygen atoms in total. The number of thioether (sulfide) groups is 1. The zero-order chi connectivity index (χ0) is 13.6. The number of rotatable bonds is 4. The van der Waals surface area contributed by atoms with Crippen molar-refractivity contribution >= 4 is 23.0 Å². The number of carbonyl (C=O) groups is 1. The fourth-order valence-electron chi connectivity index (χ4n) is 1.13. The second-order valence-electron chi connectivity index (χ2n) is 3.32. The molecule has 6 heteroatoms. The highest BCUT2D eigenvalue weighted by Crippen LogP contribution is 2.23. The molecule has 0 atom stereocenters. The lowest BCUT2D eigenvalue weighted by atomic mass is 10.2. The summed E-state index contributed by atoms with van der Waals surface area (Å²) in [5.74, 6) is 0.286. The van der Waals surface area contributed by atoms with E-state index in [0.29, 0.717) is 5.75 Å². The Balaban J connectivity index is 2.52. The maximum absolute atomic E-state index is 11.9. The molecule has 1 aromatic rings. The minimum absolute atomic E-state index is 0.0218. The molecule has 0 aliphatic carbocycles. The van der Waals surface area contributed by atoms with Gasteiger partial charge in [0.05, 0.1) is 0 Å². The lowest BCUT2D eigenvalue weighted by Crippen LogP contribution is -2.16. The molecule has 0 fully saturated rings. The van der Waals surface area contributed by atoms with Crippen molar-refractivity contribution < 1.29 is 22.7 Å². The Bertz CT molecular complexity index is 424. The molecule has 0 N–H and O–H groups in total. The Morgan fingerprint density at radius 3 is 2.44 bits per heavy atom. The Morgan fingerprint density at radius 1 is 1.33 bits per heavy atom. The first-order valence-electron chi connectivity index (χ1n) is 5.02. The zero-order valence-corrected chi connectivity index (χ0v) is 10.3. The maximum atomic E-state index is 11.9. The van der Waals surface area contributed by atoms with Crippen LogP contribution in [0.5, 0.6) is 5.75 Å². The molecular weight excluding hydrogens is 265 g/mol. The van der Waals surface area contributed by atoms with Gasteiger partial charge < -0.3 is 4.74 Å². The van der Waals surface area contributed by atoms with Gasteiger partial charge in [0.1, 0.15) is 5.75 Å². The van der Waals surface area contributed by atoms with Crippen molar-refractivity contribution in [2.75, 3.05) is 5.75 Å². The SMILES string of the molecule is CC(=O)SCC=Cc1ccc(OC(F)(F)F)cc1. The smallest absolute Gasteiger partial charge is 0.406 e. The Morgan fingerprint density at radius 2 is 1.94 bits per heavy atom. The third-order valence-corrected chi connectivity index (χ3v) is 2.57. The molecule has 0 amide bonds. The molecule has 0 saturated heterocycles. The summed E-state index contributed by atoms with van der Waals surface area (Å²) in [7, 11) is 0. The van der Waals surface area contributed by atoms with Crippen molar-refractivity contribution in [3.05, 3.63) is 35.9 Å². The van der Waals surface area contributed by atoms with Crippen molar-refractivity contribution in [3.8, 4) is 5.75 Å². The quantitative estimate of drug-likeness (QED) is 0.834. The van der Waals surface area contributed by atoms with E-state index in [1.165, 1.54) is 31.2 Å². The summed E-state index contributed by atoms with van der Waals surface area (Å²) in [6, 6.07) is 5.50.